The van der Waals surface area contributed by atoms with Gasteiger partial charge in [-0.2, -0.15) is 0 Å². The zero-order chi connectivity index (χ0) is 14.3. The molecule has 4 nitrogen and oxygen atoms in total. The lowest BCUT2D eigenvalue weighted by molar-refractivity contribution is -0.124. The predicted octanol–water partition coefficient (Wildman–Crippen LogP) is 2.09. The number of carbonyl (C=O) groups is 1. The summed E-state index contributed by atoms with van der Waals surface area (Å²) in [5, 5.41) is 2.59. The number of methoxy groups -OCH3 is 1. The van der Waals surface area contributed by atoms with E-state index in [2.05, 4.69) is 10.1 Å². The Morgan fingerprint density at radius 3 is 2.74 bits per heavy atom. The molecule has 0 aliphatic rings. The standard InChI is InChI=1S/C14H20FNO3/c1-10(2)11-4-5-13(12(15)8-11)19-7-6-16-14(17)9-18-3/h4-5,8,10H,6-7,9H2,1-3H3,(H,16,17). The first-order chi connectivity index (χ1) is 9.04. The van der Waals surface area contributed by atoms with E-state index >= 15 is 0 Å². The monoisotopic (exact) mass is 269 g/mol. The number of nitrogens with one attached hydrogen (secondary N) is 1. The largest absolute Gasteiger partial charge is 0.489 e. The fourth-order valence-corrected chi connectivity index (χ4v) is 1.53. The van der Waals surface area contributed by atoms with Crippen LogP contribution >= 0.6 is 0 Å². The molecule has 0 heterocycles. The molecular weight excluding hydrogens is 249 g/mol. The third-order valence-corrected chi connectivity index (χ3v) is 2.58. The minimum absolute atomic E-state index is 0.0114. The Bertz CT molecular complexity index is 421. The van der Waals surface area contributed by atoms with E-state index in [1.807, 2.05) is 19.9 Å². The Labute approximate surface area is 112 Å². The lowest BCUT2D eigenvalue weighted by Crippen LogP contribution is -2.30. The highest BCUT2D eigenvalue weighted by atomic mass is 19.1. The number of carbonyl (C=O) groups excluding carboxylic acids is 1. The van der Waals surface area contributed by atoms with Gasteiger partial charge < -0.3 is 14.8 Å². The fourth-order valence-electron chi connectivity index (χ4n) is 1.53. The molecule has 106 valence electrons. The van der Waals surface area contributed by atoms with Crippen molar-refractivity contribution in [2.75, 3.05) is 26.9 Å². The van der Waals surface area contributed by atoms with Gasteiger partial charge in [-0.1, -0.05) is 19.9 Å². The first-order valence-electron chi connectivity index (χ1n) is 6.22. The number of amides is 1. The van der Waals surface area contributed by atoms with Gasteiger partial charge >= 0.3 is 0 Å². The molecule has 0 saturated carbocycles. The van der Waals surface area contributed by atoms with E-state index in [1.54, 1.807) is 6.07 Å². The molecule has 0 radical (unpaired) electrons. The summed E-state index contributed by atoms with van der Waals surface area (Å²) in [6.07, 6.45) is 0. The number of hydrogen-bond donors (Lipinski definition) is 1. The lowest BCUT2D eigenvalue weighted by atomic mass is 10.0. The summed E-state index contributed by atoms with van der Waals surface area (Å²) in [6.45, 7) is 4.54. The van der Waals surface area contributed by atoms with E-state index < -0.39 is 0 Å². The smallest absolute Gasteiger partial charge is 0.246 e. The highest BCUT2D eigenvalue weighted by Gasteiger charge is 2.07. The van der Waals surface area contributed by atoms with Gasteiger partial charge in [-0.05, 0) is 23.6 Å². The predicted molar refractivity (Wildman–Crippen MR) is 70.9 cm³/mol. The molecular formula is C14H20FNO3. The van der Waals surface area contributed by atoms with Crippen LogP contribution in [0.15, 0.2) is 18.2 Å². The Hall–Kier alpha value is -1.62. The van der Waals surface area contributed by atoms with Crippen molar-refractivity contribution in [1.29, 1.82) is 0 Å². The summed E-state index contributed by atoms with van der Waals surface area (Å²) in [5.74, 6) is -0.126. The molecule has 0 fully saturated rings. The molecule has 0 unspecified atom stereocenters. The van der Waals surface area contributed by atoms with E-state index in [4.69, 9.17) is 4.74 Å². The number of halogens is 1. The van der Waals surface area contributed by atoms with Crippen molar-refractivity contribution >= 4 is 5.91 Å². The van der Waals surface area contributed by atoms with Gasteiger partial charge in [0.15, 0.2) is 11.6 Å². The normalized spacial score (nSPS) is 10.6. The van der Waals surface area contributed by atoms with Crippen LogP contribution in [-0.2, 0) is 9.53 Å². The first-order valence-corrected chi connectivity index (χ1v) is 6.22. The van der Waals surface area contributed by atoms with Crippen molar-refractivity contribution in [1.82, 2.24) is 5.32 Å². The zero-order valence-corrected chi connectivity index (χ0v) is 11.5. The second-order valence-electron chi connectivity index (χ2n) is 4.48. The van der Waals surface area contributed by atoms with Crippen LogP contribution in [0.1, 0.15) is 25.3 Å². The van der Waals surface area contributed by atoms with Gasteiger partial charge in [-0.15, -0.1) is 0 Å². The van der Waals surface area contributed by atoms with E-state index in [0.29, 0.717) is 6.54 Å². The molecule has 0 spiro atoms. The molecule has 0 aliphatic carbocycles. The van der Waals surface area contributed by atoms with Crippen molar-refractivity contribution in [3.8, 4) is 5.75 Å². The molecule has 19 heavy (non-hydrogen) atoms. The van der Waals surface area contributed by atoms with Crippen LogP contribution in [0.2, 0.25) is 0 Å². The summed E-state index contributed by atoms with van der Waals surface area (Å²) in [7, 11) is 1.45. The highest BCUT2D eigenvalue weighted by Crippen LogP contribution is 2.22. The van der Waals surface area contributed by atoms with E-state index in [-0.39, 0.29) is 36.6 Å². The summed E-state index contributed by atoms with van der Waals surface area (Å²) < 4.78 is 23.6. The van der Waals surface area contributed by atoms with Gasteiger partial charge in [-0.25, -0.2) is 4.39 Å². The summed E-state index contributed by atoms with van der Waals surface area (Å²) in [5.41, 5.74) is 0.929. The first kappa shape index (κ1) is 15.4. The molecule has 0 atom stereocenters. The van der Waals surface area contributed by atoms with Crippen molar-refractivity contribution in [2.45, 2.75) is 19.8 Å². The van der Waals surface area contributed by atoms with Gasteiger partial charge in [-0.3, -0.25) is 4.79 Å². The molecule has 0 aromatic heterocycles. The van der Waals surface area contributed by atoms with Crippen molar-refractivity contribution in [2.24, 2.45) is 0 Å². The van der Waals surface area contributed by atoms with E-state index in [9.17, 15) is 9.18 Å². The van der Waals surface area contributed by atoms with Crippen LogP contribution in [0.4, 0.5) is 4.39 Å². The van der Waals surface area contributed by atoms with Crippen LogP contribution in [0.25, 0.3) is 0 Å². The van der Waals surface area contributed by atoms with Crippen molar-refractivity contribution < 1.29 is 18.7 Å². The molecule has 0 aliphatic heterocycles. The zero-order valence-electron chi connectivity index (χ0n) is 11.5. The van der Waals surface area contributed by atoms with Crippen LogP contribution in [-0.4, -0.2) is 32.8 Å². The van der Waals surface area contributed by atoms with Gasteiger partial charge in [0, 0.05) is 7.11 Å². The Morgan fingerprint density at radius 2 is 2.16 bits per heavy atom. The van der Waals surface area contributed by atoms with Gasteiger partial charge in [0.1, 0.15) is 13.2 Å². The van der Waals surface area contributed by atoms with E-state index in [1.165, 1.54) is 13.2 Å². The number of hydrogen-bond acceptors (Lipinski definition) is 3. The molecule has 1 aromatic carbocycles. The minimum Gasteiger partial charge on any atom is -0.489 e. The fraction of sp³-hybridized carbons (Fsp3) is 0.500. The average molecular weight is 269 g/mol. The summed E-state index contributed by atoms with van der Waals surface area (Å²) in [6, 6.07) is 4.93. The maximum Gasteiger partial charge on any atom is 0.246 e. The maximum atomic E-state index is 13.7. The molecule has 1 rings (SSSR count). The van der Waals surface area contributed by atoms with Crippen molar-refractivity contribution in [3.63, 3.8) is 0 Å². The number of rotatable bonds is 7. The summed E-state index contributed by atoms with van der Waals surface area (Å²) in [4.78, 5) is 11.1. The molecule has 1 aromatic rings. The summed E-state index contributed by atoms with van der Waals surface area (Å²) >= 11 is 0. The van der Waals surface area contributed by atoms with Crippen LogP contribution in [0.3, 0.4) is 0 Å². The highest BCUT2D eigenvalue weighted by molar-refractivity contribution is 5.77. The Morgan fingerprint density at radius 1 is 1.42 bits per heavy atom. The minimum atomic E-state index is -0.380. The van der Waals surface area contributed by atoms with Crippen LogP contribution < -0.4 is 10.1 Å². The average Bonchev–Trinajstić information content (AvgIpc) is 2.36. The molecule has 1 amide bonds. The van der Waals surface area contributed by atoms with Crippen molar-refractivity contribution in [3.05, 3.63) is 29.6 Å². The van der Waals surface area contributed by atoms with E-state index in [0.717, 1.165) is 5.56 Å². The molecule has 1 N–H and O–H groups in total. The third-order valence-electron chi connectivity index (χ3n) is 2.58. The molecule has 5 heteroatoms. The van der Waals surface area contributed by atoms with Crippen LogP contribution in [0.5, 0.6) is 5.75 Å². The van der Waals surface area contributed by atoms with Gasteiger partial charge in [0.25, 0.3) is 0 Å². The third kappa shape index (κ3) is 5.26. The molecule has 0 saturated heterocycles. The van der Waals surface area contributed by atoms with Gasteiger partial charge in [0.2, 0.25) is 5.91 Å². The topological polar surface area (TPSA) is 47.6 Å². The number of ether oxygens (including phenoxy) is 2. The molecule has 0 bridgehead atoms. The SMILES string of the molecule is COCC(=O)NCCOc1ccc(C(C)C)cc1F. The lowest BCUT2D eigenvalue weighted by Gasteiger charge is -2.10. The Kier molecular flexibility index (Phi) is 6.29. The quantitative estimate of drug-likeness (QED) is 0.771. The van der Waals surface area contributed by atoms with Gasteiger partial charge in [0.05, 0.1) is 6.54 Å². The second kappa shape index (κ2) is 7.74. The van der Waals surface area contributed by atoms with Crippen LogP contribution in [0, 0.1) is 5.82 Å². The second-order valence-corrected chi connectivity index (χ2v) is 4.48. The maximum absolute atomic E-state index is 13.7. The number of benzene rings is 1. The Balaban J connectivity index is 2.39.